The Kier molecular flexibility index (Phi) is 2.78. The van der Waals surface area contributed by atoms with Crippen LogP contribution in [0.3, 0.4) is 0 Å². The molecule has 0 aliphatic carbocycles. The maximum atomic E-state index is 6.04. The normalized spacial score (nSPS) is 13.5. The number of nitrogens with two attached hydrogens (primary N) is 1. The Labute approximate surface area is 112 Å². The zero-order valence-corrected chi connectivity index (χ0v) is 11.2. The monoisotopic (exact) mass is 255 g/mol. The van der Waals surface area contributed by atoms with Gasteiger partial charge >= 0.3 is 0 Å². The summed E-state index contributed by atoms with van der Waals surface area (Å²) in [5, 5.41) is 0. The van der Waals surface area contributed by atoms with E-state index in [1.807, 2.05) is 24.4 Å². The molecule has 0 unspecified atom stereocenters. The average molecular weight is 255 g/mol. The van der Waals surface area contributed by atoms with Crippen LogP contribution in [-0.2, 0) is 6.42 Å². The van der Waals surface area contributed by atoms with Crippen LogP contribution in [0.4, 0.5) is 11.4 Å². The molecule has 4 heteroatoms. The number of benzene rings is 1. The first-order valence-corrected chi connectivity index (χ1v) is 6.33. The van der Waals surface area contributed by atoms with E-state index in [-0.39, 0.29) is 0 Å². The second kappa shape index (κ2) is 4.46. The molecule has 0 saturated heterocycles. The zero-order chi connectivity index (χ0) is 13.4. The van der Waals surface area contributed by atoms with Gasteiger partial charge in [-0.15, -0.1) is 0 Å². The van der Waals surface area contributed by atoms with Crippen molar-refractivity contribution in [2.75, 3.05) is 31.3 Å². The number of anilines is 2. The van der Waals surface area contributed by atoms with Crippen molar-refractivity contribution < 1.29 is 4.74 Å². The van der Waals surface area contributed by atoms with Crippen LogP contribution in [-0.4, -0.2) is 25.7 Å². The van der Waals surface area contributed by atoms with Crippen LogP contribution >= 0.6 is 0 Å². The van der Waals surface area contributed by atoms with Crippen LogP contribution in [0.25, 0.3) is 11.1 Å². The molecule has 0 fully saturated rings. The molecule has 0 bridgehead atoms. The van der Waals surface area contributed by atoms with Crippen LogP contribution in [0.5, 0.6) is 5.75 Å². The molecule has 19 heavy (non-hydrogen) atoms. The highest BCUT2D eigenvalue weighted by Crippen LogP contribution is 2.40. The Bertz CT molecular complexity index is 625. The van der Waals surface area contributed by atoms with Crippen molar-refractivity contribution in [1.29, 1.82) is 0 Å². The van der Waals surface area contributed by atoms with Gasteiger partial charge in [-0.1, -0.05) is 6.07 Å². The molecule has 0 saturated carbocycles. The quantitative estimate of drug-likeness (QED) is 0.795. The molecule has 3 rings (SSSR count). The van der Waals surface area contributed by atoms with E-state index in [9.17, 15) is 0 Å². The summed E-state index contributed by atoms with van der Waals surface area (Å²) < 4.78 is 5.32. The van der Waals surface area contributed by atoms with E-state index in [0.29, 0.717) is 5.69 Å². The molecule has 0 atom stereocenters. The predicted molar refractivity (Wildman–Crippen MR) is 77.6 cm³/mol. The minimum Gasteiger partial charge on any atom is -0.495 e. The number of ether oxygens (including phenoxy) is 1. The van der Waals surface area contributed by atoms with E-state index >= 15 is 0 Å². The van der Waals surface area contributed by atoms with Crippen molar-refractivity contribution in [1.82, 2.24) is 4.98 Å². The minimum atomic E-state index is 0.659. The number of likely N-dealkylation sites (N-methyl/N-ethyl adjacent to an activating group) is 1. The van der Waals surface area contributed by atoms with Crippen LogP contribution in [0, 0.1) is 0 Å². The van der Waals surface area contributed by atoms with Crippen LogP contribution in [0.2, 0.25) is 0 Å². The standard InChI is InChI=1S/C15H17N3O/c1-18-7-5-13-10(4-3-6-17-13)11-8-12(16)15(19-2)9-14(11)18/h3-4,6,8-9H,5,7,16H2,1-2H3. The van der Waals surface area contributed by atoms with E-state index in [4.69, 9.17) is 10.5 Å². The Morgan fingerprint density at radius 1 is 1.32 bits per heavy atom. The van der Waals surface area contributed by atoms with Crippen molar-refractivity contribution in [3.05, 3.63) is 36.2 Å². The van der Waals surface area contributed by atoms with Gasteiger partial charge in [0, 0.05) is 54.8 Å². The predicted octanol–water partition coefficient (Wildman–Crippen LogP) is 2.33. The van der Waals surface area contributed by atoms with Crippen molar-refractivity contribution >= 4 is 11.4 Å². The van der Waals surface area contributed by atoms with E-state index < -0.39 is 0 Å². The highest BCUT2D eigenvalue weighted by atomic mass is 16.5. The zero-order valence-electron chi connectivity index (χ0n) is 11.2. The first kappa shape index (κ1) is 11.8. The molecule has 2 N–H and O–H groups in total. The highest BCUT2D eigenvalue weighted by Gasteiger charge is 2.20. The maximum Gasteiger partial charge on any atom is 0.143 e. The van der Waals surface area contributed by atoms with Crippen molar-refractivity contribution in [3.8, 4) is 16.9 Å². The third-order valence-corrected chi connectivity index (χ3v) is 3.62. The summed E-state index contributed by atoms with van der Waals surface area (Å²) >= 11 is 0. The van der Waals surface area contributed by atoms with E-state index in [1.54, 1.807) is 7.11 Å². The van der Waals surface area contributed by atoms with Crippen LogP contribution in [0.15, 0.2) is 30.5 Å². The second-order valence-corrected chi connectivity index (χ2v) is 4.78. The summed E-state index contributed by atoms with van der Waals surface area (Å²) in [5.41, 5.74) is 11.3. The van der Waals surface area contributed by atoms with Gasteiger partial charge in [0.2, 0.25) is 0 Å². The summed E-state index contributed by atoms with van der Waals surface area (Å²) in [6.07, 6.45) is 2.78. The molecule has 0 radical (unpaired) electrons. The van der Waals surface area contributed by atoms with Crippen LogP contribution < -0.4 is 15.4 Å². The second-order valence-electron chi connectivity index (χ2n) is 4.78. The molecule has 1 aliphatic heterocycles. The Morgan fingerprint density at radius 3 is 2.95 bits per heavy atom. The lowest BCUT2D eigenvalue weighted by molar-refractivity contribution is 0.417. The lowest BCUT2D eigenvalue weighted by Crippen LogP contribution is -2.19. The fourth-order valence-electron chi connectivity index (χ4n) is 2.57. The topological polar surface area (TPSA) is 51.4 Å². The third kappa shape index (κ3) is 1.89. The van der Waals surface area contributed by atoms with Gasteiger partial charge in [0.1, 0.15) is 5.75 Å². The minimum absolute atomic E-state index is 0.659. The number of methoxy groups -OCH3 is 1. The lowest BCUT2D eigenvalue weighted by atomic mass is 10.0. The van der Waals surface area contributed by atoms with Gasteiger partial charge in [0.25, 0.3) is 0 Å². The molecule has 1 aromatic heterocycles. The van der Waals surface area contributed by atoms with Crippen molar-refractivity contribution in [3.63, 3.8) is 0 Å². The summed E-state index contributed by atoms with van der Waals surface area (Å²) in [7, 11) is 3.73. The molecule has 1 aromatic carbocycles. The molecule has 1 aliphatic rings. The van der Waals surface area contributed by atoms with Gasteiger partial charge in [-0.2, -0.15) is 0 Å². The maximum absolute atomic E-state index is 6.04. The number of fused-ring (bicyclic) bond motifs is 3. The summed E-state index contributed by atoms with van der Waals surface area (Å²) in [6.45, 7) is 0.935. The van der Waals surface area contributed by atoms with E-state index in [0.717, 1.165) is 41.2 Å². The number of pyridine rings is 1. The summed E-state index contributed by atoms with van der Waals surface area (Å²) in [6, 6.07) is 8.06. The summed E-state index contributed by atoms with van der Waals surface area (Å²) in [4.78, 5) is 6.71. The SMILES string of the molecule is COc1cc2c(cc1N)-c1cccnc1CCN2C. The van der Waals surface area contributed by atoms with E-state index in [1.165, 1.54) is 0 Å². The Hall–Kier alpha value is -2.23. The molecule has 2 aromatic rings. The van der Waals surface area contributed by atoms with Gasteiger partial charge in [-0.05, 0) is 12.1 Å². The largest absolute Gasteiger partial charge is 0.495 e. The fourth-order valence-corrected chi connectivity index (χ4v) is 2.57. The first-order valence-electron chi connectivity index (χ1n) is 6.33. The molecule has 0 spiro atoms. The molecule has 0 amide bonds. The van der Waals surface area contributed by atoms with Gasteiger partial charge in [0.05, 0.1) is 12.8 Å². The Balaban J connectivity index is 2.28. The van der Waals surface area contributed by atoms with Crippen molar-refractivity contribution in [2.24, 2.45) is 0 Å². The number of aromatic nitrogens is 1. The Morgan fingerprint density at radius 2 is 2.16 bits per heavy atom. The number of nitrogen functional groups attached to an aromatic ring is 1. The molecule has 98 valence electrons. The first-order chi connectivity index (χ1) is 9.20. The van der Waals surface area contributed by atoms with Gasteiger partial charge in [-0.3, -0.25) is 4.98 Å². The highest BCUT2D eigenvalue weighted by molar-refractivity contribution is 5.85. The smallest absolute Gasteiger partial charge is 0.143 e. The van der Waals surface area contributed by atoms with E-state index in [2.05, 4.69) is 23.0 Å². The summed E-state index contributed by atoms with van der Waals surface area (Å²) in [5.74, 6) is 0.720. The van der Waals surface area contributed by atoms with Gasteiger partial charge in [-0.25, -0.2) is 0 Å². The van der Waals surface area contributed by atoms with Gasteiger partial charge < -0.3 is 15.4 Å². The molecule has 4 nitrogen and oxygen atoms in total. The molecular weight excluding hydrogens is 238 g/mol. The number of rotatable bonds is 1. The fraction of sp³-hybridized carbons (Fsp3) is 0.267. The lowest BCUT2D eigenvalue weighted by Gasteiger charge is -2.21. The molecular formula is C15H17N3O. The van der Waals surface area contributed by atoms with Gasteiger partial charge in [0.15, 0.2) is 0 Å². The number of nitrogens with zero attached hydrogens (tertiary/aromatic N) is 2. The third-order valence-electron chi connectivity index (χ3n) is 3.62. The molecule has 2 heterocycles. The average Bonchev–Trinajstić information content (AvgIpc) is 2.57. The van der Waals surface area contributed by atoms with Crippen LogP contribution in [0.1, 0.15) is 5.69 Å². The number of hydrogen-bond donors (Lipinski definition) is 1. The van der Waals surface area contributed by atoms with Crippen molar-refractivity contribution in [2.45, 2.75) is 6.42 Å². The number of hydrogen-bond acceptors (Lipinski definition) is 4.